The molecule has 0 spiro atoms. The molecule has 1 aromatic carbocycles. The summed E-state index contributed by atoms with van der Waals surface area (Å²) in [7, 11) is 0. The maximum Gasteiger partial charge on any atom is 0.313 e. The Balaban J connectivity index is 2.13. The van der Waals surface area contributed by atoms with E-state index in [9.17, 15) is 24.9 Å². The number of cyclic esters (lactones) is 1. The first-order chi connectivity index (χ1) is 9.94. The molecule has 0 bridgehead atoms. The van der Waals surface area contributed by atoms with Crippen molar-refractivity contribution in [3.05, 3.63) is 23.3 Å². The molecule has 1 aliphatic heterocycles. The number of carbonyl (C=O) groups excluding carboxylic acids is 2. The summed E-state index contributed by atoms with van der Waals surface area (Å²) in [6, 6.07) is 2.52. The van der Waals surface area contributed by atoms with Crippen LogP contribution < -0.4 is 0 Å². The van der Waals surface area contributed by atoms with E-state index >= 15 is 0 Å². The van der Waals surface area contributed by atoms with Gasteiger partial charge in [0, 0.05) is 12.0 Å². The number of phenols is 2. The highest BCUT2D eigenvalue weighted by atomic mass is 16.5. The Morgan fingerprint density at radius 3 is 2.67 bits per heavy atom. The van der Waals surface area contributed by atoms with Crippen molar-refractivity contribution < 1.29 is 29.6 Å². The lowest BCUT2D eigenvalue weighted by molar-refractivity contribution is -0.146. The quantitative estimate of drug-likeness (QED) is 0.478. The fraction of sp³-hybridized carbons (Fsp3) is 0.467. The highest BCUT2D eigenvalue weighted by molar-refractivity contribution is 6.07. The molecule has 4 rings (SSSR count). The highest BCUT2D eigenvalue weighted by Gasteiger charge is 2.73. The van der Waals surface area contributed by atoms with E-state index in [1.807, 2.05) is 0 Å². The molecule has 3 aliphatic rings. The molecule has 0 amide bonds. The minimum atomic E-state index is -1.14. The van der Waals surface area contributed by atoms with Crippen LogP contribution in [0.25, 0.3) is 0 Å². The van der Waals surface area contributed by atoms with E-state index in [2.05, 4.69) is 0 Å². The number of phenolic OH excluding ortho intramolecular Hbond substituents is 2. The summed E-state index contributed by atoms with van der Waals surface area (Å²) >= 11 is 0. The fourth-order valence-electron chi connectivity index (χ4n) is 4.48. The molecule has 2 aliphatic carbocycles. The first kappa shape index (κ1) is 12.6. The number of benzene rings is 1. The standard InChI is InChI=1S/C15H14O6/c16-7-1-2-8(17)12-11(7)9(18)5-14-4-3-10(19)15(12,14)6-21-13(14)20/h1-2,10,16-17,19H,3-6H2. The zero-order valence-electron chi connectivity index (χ0n) is 11.1. The summed E-state index contributed by atoms with van der Waals surface area (Å²) in [5.41, 5.74) is -2.10. The molecule has 2 fully saturated rings. The number of carbonyl (C=O) groups is 2. The zero-order valence-corrected chi connectivity index (χ0v) is 11.1. The van der Waals surface area contributed by atoms with Crippen LogP contribution in [0.4, 0.5) is 0 Å². The topological polar surface area (TPSA) is 104 Å². The molecule has 0 aromatic heterocycles. The number of ketones is 1. The second-order valence-electron chi connectivity index (χ2n) is 6.14. The lowest BCUT2D eigenvalue weighted by atomic mass is 9.56. The van der Waals surface area contributed by atoms with E-state index in [1.165, 1.54) is 12.1 Å². The maximum atomic E-state index is 12.4. The van der Waals surface area contributed by atoms with Crippen LogP contribution in [-0.2, 0) is 14.9 Å². The van der Waals surface area contributed by atoms with Crippen LogP contribution in [0, 0.1) is 5.41 Å². The molecule has 21 heavy (non-hydrogen) atoms. The Morgan fingerprint density at radius 2 is 1.90 bits per heavy atom. The Morgan fingerprint density at radius 1 is 1.19 bits per heavy atom. The number of rotatable bonds is 0. The van der Waals surface area contributed by atoms with Crippen molar-refractivity contribution >= 4 is 11.8 Å². The third kappa shape index (κ3) is 1.15. The van der Waals surface area contributed by atoms with Crippen molar-refractivity contribution in [1.82, 2.24) is 0 Å². The molecule has 3 N–H and O–H groups in total. The van der Waals surface area contributed by atoms with Gasteiger partial charge in [-0.15, -0.1) is 0 Å². The van der Waals surface area contributed by atoms with Crippen LogP contribution in [0.5, 0.6) is 11.5 Å². The number of hydrogen-bond donors (Lipinski definition) is 3. The average molecular weight is 290 g/mol. The number of ether oxygens (including phenoxy) is 1. The van der Waals surface area contributed by atoms with Crippen molar-refractivity contribution in [2.75, 3.05) is 6.61 Å². The normalized spacial score (nSPS) is 36.9. The molecule has 1 saturated heterocycles. The number of aliphatic hydroxyl groups excluding tert-OH is 1. The maximum absolute atomic E-state index is 12.4. The van der Waals surface area contributed by atoms with Gasteiger partial charge in [-0.25, -0.2) is 0 Å². The molecule has 1 saturated carbocycles. The molecular weight excluding hydrogens is 276 g/mol. The summed E-state index contributed by atoms with van der Waals surface area (Å²) in [6.45, 7) is -0.0791. The van der Waals surface area contributed by atoms with Gasteiger partial charge in [0.05, 0.1) is 22.5 Å². The van der Waals surface area contributed by atoms with Crippen LogP contribution in [0.15, 0.2) is 12.1 Å². The minimum Gasteiger partial charge on any atom is -0.508 e. The Labute approximate surface area is 120 Å². The number of aliphatic hydroxyl groups is 1. The predicted octanol–water partition coefficient (Wildman–Crippen LogP) is 0.620. The number of Topliss-reactive ketones (excluding diaryl/α,β-unsaturated/α-hetero) is 1. The molecular formula is C15H14O6. The van der Waals surface area contributed by atoms with E-state index in [-0.39, 0.29) is 35.7 Å². The molecule has 3 unspecified atom stereocenters. The van der Waals surface area contributed by atoms with Gasteiger partial charge in [-0.2, -0.15) is 0 Å². The molecule has 1 heterocycles. The fourth-order valence-corrected chi connectivity index (χ4v) is 4.48. The number of fused-ring (bicyclic) bond motifs is 1. The van der Waals surface area contributed by atoms with E-state index in [4.69, 9.17) is 4.74 Å². The molecule has 3 atom stereocenters. The second kappa shape index (κ2) is 3.57. The molecule has 6 heteroatoms. The van der Waals surface area contributed by atoms with Gasteiger partial charge in [-0.05, 0) is 25.0 Å². The van der Waals surface area contributed by atoms with E-state index in [0.29, 0.717) is 12.8 Å². The predicted molar refractivity (Wildman–Crippen MR) is 69.0 cm³/mol. The number of hydrogen-bond acceptors (Lipinski definition) is 6. The van der Waals surface area contributed by atoms with Crippen molar-refractivity contribution in [3.8, 4) is 11.5 Å². The van der Waals surface area contributed by atoms with Gasteiger partial charge in [0.15, 0.2) is 5.78 Å². The van der Waals surface area contributed by atoms with Gasteiger partial charge in [0.2, 0.25) is 0 Å². The smallest absolute Gasteiger partial charge is 0.313 e. The first-order valence-electron chi connectivity index (χ1n) is 6.88. The monoisotopic (exact) mass is 290 g/mol. The SMILES string of the molecule is O=C1CC23CCC(O)C2(COC3=O)c2c(O)ccc(O)c21. The van der Waals surface area contributed by atoms with Crippen LogP contribution in [-0.4, -0.2) is 39.8 Å². The summed E-state index contributed by atoms with van der Waals surface area (Å²) in [5, 5.41) is 30.8. The van der Waals surface area contributed by atoms with Gasteiger partial charge in [-0.3, -0.25) is 9.59 Å². The highest BCUT2D eigenvalue weighted by Crippen LogP contribution is 2.65. The van der Waals surface area contributed by atoms with Crippen LogP contribution in [0.2, 0.25) is 0 Å². The van der Waals surface area contributed by atoms with Crippen molar-refractivity contribution in [3.63, 3.8) is 0 Å². The molecule has 6 nitrogen and oxygen atoms in total. The third-order valence-corrected chi connectivity index (χ3v) is 5.44. The average Bonchev–Trinajstić information content (AvgIpc) is 2.90. The Kier molecular flexibility index (Phi) is 2.15. The van der Waals surface area contributed by atoms with Gasteiger partial charge < -0.3 is 20.1 Å². The van der Waals surface area contributed by atoms with Crippen LogP contribution >= 0.6 is 0 Å². The van der Waals surface area contributed by atoms with Crippen molar-refractivity contribution in [2.45, 2.75) is 30.8 Å². The van der Waals surface area contributed by atoms with Crippen molar-refractivity contribution in [2.24, 2.45) is 5.41 Å². The van der Waals surface area contributed by atoms with E-state index in [0.717, 1.165) is 0 Å². The first-order valence-corrected chi connectivity index (χ1v) is 6.88. The third-order valence-electron chi connectivity index (χ3n) is 5.44. The Hall–Kier alpha value is -2.08. The number of esters is 1. The molecule has 110 valence electrons. The van der Waals surface area contributed by atoms with E-state index in [1.54, 1.807) is 0 Å². The lowest BCUT2D eigenvalue weighted by Gasteiger charge is -2.42. The molecule has 1 aromatic rings. The summed E-state index contributed by atoms with van der Waals surface area (Å²) in [6.07, 6.45) is -0.305. The van der Waals surface area contributed by atoms with Crippen LogP contribution in [0.3, 0.4) is 0 Å². The molecule has 0 radical (unpaired) electrons. The van der Waals surface area contributed by atoms with Gasteiger partial charge in [-0.1, -0.05) is 0 Å². The second-order valence-corrected chi connectivity index (χ2v) is 6.14. The zero-order chi connectivity index (χ0) is 15.0. The Bertz CT molecular complexity index is 696. The lowest BCUT2D eigenvalue weighted by Crippen LogP contribution is -2.53. The van der Waals surface area contributed by atoms with Gasteiger partial charge in [0.25, 0.3) is 0 Å². The van der Waals surface area contributed by atoms with E-state index < -0.39 is 28.7 Å². The van der Waals surface area contributed by atoms with Gasteiger partial charge in [0.1, 0.15) is 18.1 Å². The van der Waals surface area contributed by atoms with Crippen LogP contribution in [0.1, 0.15) is 35.2 Å². The summed E-state index contributed by atoms with van der Waals surface area (Å²) in [5.74, 6) is -1.34. The summed E-state index contributed by atoms with van der Waals surface area (Å²) in [4.78, 5) is 24.7. The number of aromatic hydroxyl groups is 2. The minimum absolute atomic E-state index is 0.00451. The largest absolute Gasteiger partial charge is 0.508 e. The summed E-state index contributed by atoms with van der Waals surface area (Å²) < 4.78 is 5.17. The van der Waals surface area contributed by atoms with Gasteiger partial charge >= 0.3 is 5.97 Å². The van der Waals surface area contributed by atoms with Crippen molar-refractivity contribution in [1.29, 1.82) is 0 Å².